The maximum absolute atomic E-state index is 6.04. The Labute approximate surface area is 125 Å². The highest BCUT2D eigenvalue weighted by Gasteiger charge is 2.15. The van der Waals surface area contributed by atoms with Crippen LogP contribution < -0.4 is 11.1 Å². The first-order valence-electron chi connectivity index (χ1n) is 6.80. The first-order valence-corrected chi connectivity index (χ1v) is 7.17. The van der Waals surface area contributed by atoms with Crippen molar-refractivity contribution < 1.29 is 0 Å². The van der Waals surface area contributed by atoms with Gasteiger partial charge >= 0.3 is 0 Å². The molecule has 3 nitrogen and oxygen atoms in total. The van der Waals surface area contributed by atoms with Crippen LogP contribution in [0.3, 0.4) is 0 Å². The van der Waals surface area contributed by atoms with Crippen LogP contribution in [0.15, 0.2) is 36.5 Å². The lowest BCUT2D eigenvalue weighted by Gasteiger charge is -2.20. The lowest BCUT2D eigenvalue weighted by atomic mass is 9.98. The van der Waals surface area contributed by atoms with Crippen molar-refractivity contribution in [2.75, 3.05) is 12.3 Å². The molecular weight excluding hydrogens is 270 g/mol. The average molecular weight is 290 g/mol. The van der Waals surface area contributed by atoms with Crippen molar-refractivity contribution in [2.24, 2.45) is 0 Å². The molecule has 0 amide bonds. The molecule has 0 radical (unpaired) electrons. The molecular formula is C16H20ClN3. The van der Waals surface area contributed by atoms with E-state index in [1.807, 2.05) is 6.07 Å². The monoisotopic (exact) mass is 289 g/mol. The zero-order chi connectivity index (χ0) is 14.5. The molecule has 4 heteroatoms. The Morgan fingerprint density at radius 2 is 2.15 bits per heavy atom. The van der Waals surface area contributed by atoms with E-state index in [0.717, 1.165) is 18.5 Å². The van der Waals surface area contributed by atoms with Crippen LogP contribution in [0.2, 0.25) is 5.02 Å². The molecule has 0 saturated carbocycles. The Morgan fingerprint density at radius 3 is 2.85 bits per heavy atom. The van der Waals surface area contributed by atoms with Crippen molar-refractivity contribution in [3.8, 4) is 0 Å². The highest BCUT2D eigenvalue weighted by molar-refractivity contribution is 6.30. The largest absolute Gasteiger partial charge is 0.383 e. The van der Waals surface area contributed by atoms with Crippen molar-refractivity contribution in [3.05, 3.63) is 58.2 Å². The molecule has 106 valence electrons. The van der Waals surface area contributed by atoms with Gasteiger partial charge in [-0.1, -0.05) is 48.4 Å². The van der Waals surface area contributed by atoms with E-state index in [-0.39, 0.29) is 6.04 Å². The van der Waals surface area contributed by atoms with Crippen LogP contribution in [-0.4, -0.2) is 11.5 Å². The van der Waals surface area contributed by atoms with E-state index in [1.165, 1.54) is 11.1 Å². The number of hydrogen-bond acceptors (Lipinski definition) is 3. The van der Waals surface area contributed by atoms with Gasteiger partial charge in [0.25, 0.3) is 0 Å². The van der Waals surface area contributed by atoms with Crippen LogP contribution in [0.4, 0.5) is 5.82 Å². The summed E-state index contributed by atoms with van der Waals surface area (Å²) in [5.41, 5.74) is 9.49. The fourth-order valence-corrected chi connectivity index (χ4v) is 2.52. The number of benzene rings is 1. The lowest BCUT2D eigenvalue weighted by molar-refractivity contribution is 0.550. The summed E-state index contributed by atoms with van der Waals surface area (Å²) in [6.45, 7) is 5.04. The number of hydrogen-bond donors (Lipinski definition) is 2. The number of rotatable bonds is 5. The summed E-state index contributed by atoms with van der Waals surface area (Å²) in [6.07, 6.45) is 2.44. The maximum atomic E-state index is 6.04. The SMILES string of the molecule is CCNC(Cc1cccc(C)c1)c1cc(Cl)cnc1N. The van der Waals surface area contributed by atoms with Crippen molar-refractivity contribution >= 4 is 17.4 Å². The number of pyridine rings is 1. The molecule has 0 aliphatic rings. The summed E-state index contributed by atoms with van der Waals surface area (Å²) in [6, 6.07) is 10.5. The van der Waals surface area contributed by atoms with Gasteiger partial charge in [-0.25, -0.2) is 4.98 Å². The summed E-state index contributed by atoms with van der Waals surface area (Å²) < 4.78 is 0. The molecule has 1 aromatic carbocycles. The molecule has 0 saturated heterocycles. The third kappa shape index (κ3) is 3.71. The Balaban J connectivity index is 2.29. The first-order chi connectivity index (χ1) is 9.60. The van der Waals surface area contributed by atoms with E-state index in [2.05, 4.69) is 48.4 Å². The van der Waals surface area contributed by atoms with Gasteiger partial charge in [-0.05, 0) is 31.5 Å². The van der Waals surface area contributed by atoms with E-state index in [4.69, 9.17) is 17.3 Å². The number of anilines is 1. The number of nitrogens with one attached hydrogen (secondary N) is 1. The van der Waals surface area contributed by atoms with E-state index in [1.54, 1.807) is 6.20 Å². The van der Waals surface area contributed by atoms with Gasteiger partial charge in [-0.3, -0.25) is 0 Å². The average Bonchev–Trinajstić information content (AvgIpc) is 2.41. The zero-order valence-corrected chi connectivity index (χ0v) is 12.6. The third-order valence-corrected chi connectivity index (χ3v) is 3.47. The van der Waals surface area contributed by atoms with Gasteiger partial charge in [0.05, 0.1) is 5.02 Å². The molecule has 0 aliphatic heterocycles. The standard InChI is InChI=1S/C16H20ClN3/c1-3-19-15(8-12-6-4-5-11(2)7-12)14-9-13(17)10-20-16(14)18/h4-7,9-10,15,19H,3,8H2,1-2H3,(H2,18,20). The van der Waals surface area contributed by atoms with E-state index < -0.39 is 0 Å². The van der Waals surface area contributed by atoms with Gasteiger partial charge in [0.2, 0.25) is 0 Å². The highest BCUT2D eigenvalue weighted by Crippen LogP contribution is 2.25. The number of nitrogen functional groups attached to an aromatic ring is 1. The van der Waals surface area contributed by atoms with Crippen LogP contribution in [0, 0.1) is 6.92 Å². The van der Waals surface area contributed by atoms with Gasteiger partial charge in [0.15, 0.2) is 0 Å². The van der Waals surface area contributed by atoms with Crippen LogP contribution in [0.25, 0.3) is 0 Å². The molecule has 1 heterocycles. The number of nitrogens with zero attached hydrogens (tertiary/aromatic N) is 1. The topological polar surface area (TPSA) is 50.9 Å². The van der Waals surface area contributed by atoms with Gasteiger partial charge in [0, 0.05) is 17.8 Å². The van der Waals surface area contributed by atoms with Crippen LogP contribution in [-0.2, 0) is 6.42 Å². The molecule has 20 heavy (non-hydrogen) atoms. The molecule has 0 aliphatic carbocycles. The minimum atomic E-state index is 0.119. The minimum Gasteiger partial charge on any atom is -0.383 e. The fraction of sp³-hybridized carbons (Fsp3) is 0.312. The molecule has 1 aromatic heterocycles. The van der Waals surface area contributed by atoms with E-state index in [9.17, 15) is 0 Å². The molecule has 0 bridgehead atoms. The number of nitrogens with two attached hydrogens (primary N) is 1. The molecule has 2 aromatic rings. The Morgan fingerprint density at radius 1 is 1.35 bits per heavy atom. The minimum absolute atomic E-state index is 0.119. The van der Waals surface area contributed by atoms with Gasteiger partial charge in [-0.15, -0.1) is 0 Å². The van der Waals surface area contributed by atoms with Gasteiger partial charge in [0.1, 0.15) is 5.82 Å². The predicted octanol–water partition coefficient (Wildman–Crippen LogP) is 3.52. The van der Waals surface area contributed by atoms with Crippen molar-refractivity contribution in [1.29, 1.82) is 0 Å². The summed E-state index contributed by atoms with van der Waals surface area (Å²) in [4.78, 5) is 4.15. The van der Waals surface area contributed by atoms with E-state index >= 15 is 0 Å². The molecule has 3 N–H and O–H groups in total. The van der Waals surface area contributed by atoms with Crippen molar-refractivity contribution in [3.63, 3.8) is 0 Å². The lowest BCUT2D eigenvalue weighted by Crippen LogP contribution is -2.24. The zero-order valence-electron chi connectivity index (χ0n) is 11.9. The normalized spacial score (nSPS) is 12.3. The summed E-state index contributed by atoms with van der Waals surface area (Å²) in [5, 5.41) is 4.07. The third-order valence-electron chi connectivity index (χ3n) is 3.26. The van der Waals surface area contributed by atoms with Crippen LogP contribution in [0.1, 0.15) is 29.7 Å². The summed E-state index contributed by atoms with van der Waals surface area (Å²) in [5.74, 6) is 0.535. The number of aryl methyl sites for hydroxylation is 1. The maximum Gasteiger partial charge on any atom is 0.128 e. The second-order valence-corrected chi connectivity index (χ2v) is 5.37. The van der Waals surface area contributed by atoms with Gasteiger partial charge < -0.3 is 11.1 Å². The van der Waals surface area contributed by atoms with Crippen LogP contribution >= 0.6 is 11.6 Å². The Bertz CT molecular complexity index is 584. The number of halogens is 1. The number of aromatic nitrogens is 1. The predicted molar refractivity (Wildman–Crippen MR) is 85.0 cm³/mol. The molecule has 1 atom stereocenters. The second-order valence-electron chi connectivity index (χ2n) is 4.93. The second kappa shape index (κ2) is 6.73. The Kier molecular flexibility index (Phi) is 4.99. The molecule has 0 fully saturated rings. The fourth-order valence-electron chi connectivity index (χ4n) is 2.36. The van der Waals surface area contributed by atoms with Gasteiger partial charge in [-0.2, -0.15) is 0 Å². The number of likely N-dealkylation sites (N-methyl/N-ethyl adjacent to an activating group) is 1. The van der Waals surface area contributed by atoms with Crippen LogP contribution in [0.5, 0.6) is 0 Å². The molecule has 0 spiro atoms. The quantitative estimate of drug-likeness (QED) is 0.885. The summed E-state index contributed by atoms with van der Waals surface area (Å²) in [7, 11) is 0. The smallest absolute Gasteiger partial charge is 0.128 e. The highest BCUT2D eigenvalue weighted by atomic mass is 35.5. The van der Waals surface area contributed by atoms with Crippen molar-refractivity contribution in [2.45, 2.75) is 26.3 Å². The molecule has 1 unspecified atom stereocenters. The van der Waals surface area contributed by atoms with Crippen molar-refractivity contribution in [1.82, 2.24) is 10.3 Å². The molecule has 2 rings (SSSR count). The Hall–Kier alpha value is -1.58. The first kappa shape index (κ1) is 14.8. The van der Waals surface area contributed by atoms with E-state index in [0.29, 0.717) is 10.8 Å². The summed E-state index contributed by atoms with van der Waals surface area (Å²) >= 11 is 6.04.